The number of rotatable bonds is 3. The van der Waals surface area contributed by atoms with E-state index in [1.165, 1.54) is 12.1 Å². The van der Waals surface area contributed by atoms with Gasteiger partial charge in [0.25, 0.3) is 0 Å². The van der Waals surface area contributed by atoms with E-state index in [1.807, 2.05) is 0 Å². The highest BCUT2D eigenvalue weighted by Gasteiger charge is 2.26. The molecule has 0 fully saturated rings. The summed E-state index contributed by atoms with van der Waals surface area (Å²) in [6.07, 6.45) is -0.951. The lowest BCUT2D eigenvalue weighted by atomic mass is 10.2. The van der Waals surface area contributed by atoms with Gasteiger partial charge in [-0.2, -0.15) is 0 Å². The van der Waals surface area contributed by atoms with Crippen LogP contribution in [0.3, 0.4) is 0 Å². The number of amides is 1. The summed E-state index contributed by atoms with van der Waals surface area (Å²) in [5, 5.41) is 0. The van der Waals surface area contributed by atoms with Crippen molar-refractivity contribution in [1.29, 1.82) is 0 Å². The molecule has 0 N–H and O–H groups in total. The van der Waals surface area contributed by atoms with E-state index in [9.17, 15) is 18.0 Å². The van der Waals surface area contributed by atoms with Crippen LogP contribution in [-0.4, -0.2) is 12.7 Å². The van der Waals surface area contributed by atoms with Crippen LogP contribution in [-0.2, 0) is 4.74 Å². The predicted octanol–water partition coefficient (Wildman–Crippen LogP) is 4.40. The molecule has 0 radical (unpaired) electrons. The molecule has 110 valence electrons. The van der Waals surface area contributed by atoms with Crippen molar-refractivity contribution in [1.82, 2.24) is 0 Å². The molecule has 0 aliphatic heterocycles. The lowest BCUT2D eigenvalue weighted by molar-refractivity contribution is 0.162. The van der Waals surface area contributed by atoms with E-state index < -0.39 is 29.2 Å². The molecule has 3 nitrogen and oxygen atoms in total. The molecule has 0 unspecified atom stereocenters. The Hall–Kier alpha value is -2.50. The Morgan fingerprint density at radius 3 is 2.19 bits per heavy atom. The van der Waals surface area contributed by atoms with Gasteiger partial charge in [0.1, 0.15) is 11.5 Å². The molecule has 21 heavy (non-hydrogen) atoms. The van der Waals surface area contributed by atoms with Gasteiger partial charge in [0.2, 0.25) is 0 Å². The third-order valence-electron chi connectivity index (χ3n) is 2.67. The molecular formula is C15H12F3NO2. The Kier molecular flexibility index (Phi) is 4.47. The van der Waals surface area contributed by atoms with Gasteiger partial charge in [0, 0.05) is 12.1 Å². The van der Waals surface area contributed by atoms with Gasteiger partial charge >= 0.3 is 6.09 Å². The molecule has 0 bridgehead atoms. The maximum Gasteiger partial charge on any atom is 0.419 e. The Bertz CT molecular complexity index is 624. The van der Waals surface area contributed by atoms with E-state index in [1.54, 1.807) is 25.1 Å². The molecule has 0 atom stereocenters. The minimum absolute atomic E-state index is 0.0343. The number of ether oxygens (including phenoxy) is 1. The first-order chi connectivity index (χ1) is 10.0. The number of halogens is 3. The van der Waals surface area contributed by atoms with Crippen LogP contribution in [0.2, 0.25) is 0 Å². The molecule has 2 aromatic carbocycles. The summed E-state index contributed by atoms with van der Waals surface area (Å²) >= 11 is 0. The first kappa shape index (κ1) is 14.9. The van der Waals surface area contributed by atoms with Crippen LogP contribution in [0.15, 0.2) is 42.5 Å². The number of carbonyl (C=O) groups is 1. The highest BCUT2D eigenvalue weighted by Crippen LogP contribution is 2.31. The number of nitrogens with zero attached hydrogens (tertiary/aromatic N) is 1. The highest BCUT2D eigenvalue weighted by molar-refractivity contribution is 5.96. The van der Waals surface area contributed by atoms with Gasteiger partial charge in [-0.05, 0) is 19.1 Å². The fourth-order valence-electron chi connectivity index (χ4n) is 1.84. The molecule has 0 aliphatic carbocycles. The molecule has 2 rings (SSSR count). The normalized spacial score (nSPS) is 10.3. The first-order valence-corrected chi connectivity index (χ1v) is 6.21. The van der Waals surface area contributed by atoms with Crippen molar-refractivity contribution < 1.29 is 22.7 Å². The third kappa shape index (κ3) is 3.16. The summed E-state index contributed by atoms with van der Waals surface area (Å²) in [5.74, 6) is -3.44. The van der Waals surface area contributed by atoms with Crippen molar-refractivity contribution in [3.63, 3.8) is 0 Å². The highest BCUT2D eigenvalue weighted by atomic mass is 19.1. The van der Waals surface area contributed by atoms with Gasteiger partial charge in [-0.1, -0.05) is 18.2 Å². The zero-order chi connectivity index (χ0) is 15.4. The van der Waals surface area contributed by atoms with Crippen molar-refractivity contribution in [3.8, 4) is 0 Å². The van der Waals surface area contributed by atoms with Gasteiger partial charge in [0.15, 0.2) is 11.6 Å². The number of hydrogen-bond donors (Lipinski definition) is 0. The van der Waals surface area contributed by atoms with Crippen molar-refractivity contribution in [2.75, 3.05) is 11.5 Å². The van der Waals surface area contributed by atoms with Crippen LogP contribution in [0.5, 0.6) is 0 Å². The van der Waals surface area contributed by atoms with Crippen LogP contribution >= 0.6 is 0 Å². The Labute approximate surface area is 119 Å². The van der Waals surface area contributed by atoms with E-state index in [0.717, 1.165) is 4.90 Å². The second-order valence-electron chi connectivity index (χ2n) is 4.09. The van der Waals surface area contributed by atoms with E-state index >= 15 is 0 Å². The predicted molar refractivity (Wildman–Crippen MR) is 71.9 cm³/mol. The fraction of sp³-hybridized carbons (Fsp3) is 0.133. The Morgan fingerprint density at radius 1 is 1.10 bits per heavy atom. The van der Waals surface area contributed by atoms with Crippen LogP contribution in [0.1, 0.15) is 6.92 Å². The fourth-order valence-corrected chi connectivity index (χ4v) is 1.84. The number of anilines is 2. The maximum atomic E-state index is 13.9. The lowest BCUT2D eigenvalue weighted by Gasteiger charge is -2.23. The molecule has 2 aromatic rings. The summed E-state index contributed by atoms with van der Waals surface area (Å²) in [6.45, 7) is 1.60. The second kappa shape index (κ2) is 6.30. The molecule has 0 spiro atoms. The average Bonchev–Trinajstić information content (AvgIpc) is 2.43. The van der Waals surface area contributed by atoms with E-state index in [2.05, 4.69) is 0 Å². The van der Waals surface area contributed by atoms with Gasteiger partial charge in [-0.3, -0.25) is 0 Å². The first-order valence-electron chi connectivity index (χ1n) is 6.21. The molecular weight excluding hydrogens is 283 g/mol. The molecule has 0 saturated heterocycles. The number of hydrogen-bond acceptors (Lipinski definition) is 2. The van der Waals surface area contributed by atoms with Crippen LogP contribution in [0.25, 0.3) is 0 Å². The molecule has 0 aliphatic rings. The van der Waals surface area contributed by atoms with Crippen molar-refractivity contribution in [2.24, 2.45) is 0 Å². The Morgan fingerprint density at radius 2 is 1.67 bits per heavy atom. The smallest absolute Gasteiger partial charge is 0.419 e. The Balaban J connectivity index is 2.58. The van der Waals surface area contributed by atoms with Gasteiger partial charge in [0.05, 0.1) is 12.3 Å². The summed E-state index contributed by atoms with van der Waals surface area (Å²) in [5.41, 5.74) is -0.471. The number of carbonyl (C=O) groups excluding carboxylic acids is 1. The average molecular weight is 295 g/mol. The van der Waals surface area contributed by atoms with E-state index in [0.29, 0.717) is 12.1 Å². The topological polar surface area (TPSA) is 29.5 Å². The van der Waals surface area contributed by atoms with E-state index in [4.69, 9.17) is 4.74 Å². The minimum Gasteiger partial charge on any atom is -0.449 e. The van der Waals surface area contributed by atoms with Crippen LogP contribution in [0.4, 0.5) is 29.3 Å². The maximum absolute atomic E-state index is 13.9. The van der Waals surface area contributed by atoms with Gasteiger partial charge in [-0.15, -0.1) is 0 Å². The minimum atomic E-state index is -1.19. The van der Waals surface area contributed by atoms with E-state index in [-0.39, 0.29) is 12.3 Å². The third-order valence-corrected chi connectivity index (χ3v) is 2.67. The summed E-state index contributed by atoms with van der Waals surface area (Å²) in [7, 11) is 0. The molecule has 0 saturated carbocycles. The monoisotopic (exact) mass is 295 g/mol. The standard InChI is InChI=1S/C15H12F3NO2/c1-2-21-15(20)19(11-6-4-3-5-7-11)14-12(17)8-10(16)9-13(14)18/h3-9H,2H2,1H3. The molecule has 6 heteroatoms. The number of benzene rings is 2. The SMILES string of the molecule is CCOC(=O)N(c1ccccc1)c1c(F)cc(F)cc1F. The van der Waals surface area contributed by atoms with Crippen molar-refractivity contribution in [3.05, 3.63) is 59.9 Å². The summed E-state index contributed by atoms with van der Waals surface area (Å²) in [6, 6.07) is 8.87. The summed E-state index contributed by atoms with van der Waals surface area (Å²) in [4.78, 5) is 12.7. The molecule has 0 heterocycles. The summed E-state index contributed by atoms with van der Waals surface area (Å²) < 4.78 is 45.7. The van der Waals surface area contributed by atoms with Crippen LogP contribution in [0, 0.1) is 17.5 Å². The second-order valence-corrected chi connectivity index (χ2v) is 4.09. The zero-order valence-electron chi connectivity index (χ0n) is 11.1. The zero-order valence-corrected chi connectivity index (χ0v) is 11.1. The van der Waals surface area contributed by atoms with Crippen molar-refractivity contribution in [2.45, 2.75) is 6.92 Å². The van der Waals surface area contributed by atoms with Gasteiger partial charge in [-0.25, -0.2) is 22.9 Å². The molecule has 0 aromatic heterocycles. The number of para-hydroxylation sites is 1. The van der Waals surface area contributed by atoms with Crippen molar-refractivity contribution >= 4 is 17.5 Å². The largest absolute Gasteiger partial charge is 0.449 e. The van der Waals surface area contributed by atoms with Crippen LogP contribution < -0.4 is 4.90 Å². The van der Waals surface area contributed by atoms with Gasteiger partial charge < -0.3 is 4.74 Å². The quantitative estimate of drug-likeness (QED) is 0.840. The molecule has 1 amide bonds. The lowest BCUT2D eigenvalue weighted by Crippen LogP contribution is -2.28.